The fraction of sp³-hybridized carbons (Fsp3) is 1.00. The van der Waals surface area contributed by atoms with Crippen LogP contribution in [0.3, 0.4) is 0 Å². The summed E-state index contributed by atoms with van der Waals surface area (Å²) in [6.07, 6.45) is 0. The summed E-state index contributed by atoms with van der Waals surface area (Å²) >= 11 is 0. The predicted octanol–water partition coefficient (Wildman–Crippen LogP) is 6.02. The van der Waals surface area contributed by atoms with Gasteiger partial charge in [0.25, 0.3) is 0 Å². The van der Waals surface area contributed by atoms with Crippen LogP contribution in [0.4, 0.5) is 0 Å². The largest absolute Gasteiger partial charge is 0.437 e. The quantitative estimate of drug-likeness (QED) is 0.543. The third kappa shape index (κ3) is 16.8. The van der Waals surface area contributed by atoms with E-state index < -0.39 is 33.8 Å². The van der Waals surface area contributed by atoms with Crippen LogP contribution in [-0.2, 0) is 12.3 Å². The molecule has 0 spiro atoms. The molecule has 0 aromatic rings. The Hall–Kier alpha value is 0.748. The van der Waals surface area contributed by atoms with E-state index in [1.54, 1.807) is 0 Å². The zero-order valence-electron chi connectivity index (χ0n) is 13.2. The van der Waals surface area contributed by atoms with Gasteiger partial charge in [0.05, 0.1) is 0 Å². The lowest BCUT2D eigenvalue weighted by atomic mass is 11.8. The molecule has 0 saturated heterocycles. The molecule has 0 atom stereocenters. The molecule has 0 heterocycles. The van der Waals surface area contributed by atoms with Crippen LogP contribution in [0.1, 0.15) is 22.3 Å². The average molecular weight is 359 g/mol. The Balaban J connectivity index is -0.000000427. The van der Waals surface area contributed by atoms with Gasteiger partial charge in [0.15, 0.2) is 16.6 Å². The van der Waals surface area contributed by atoms with Gasteiger partial charge in [-0.15, -0.1) is 0 Å². The van der Waals surface area contributed by atoms with E-state index in [4.69, 9.17) is 12.3 Å². The zero-order valence-corrected chi connectivity index (χ0v) is 17.2. The molecule has 7 heteroatoms. The average Bonchev–Trinajstić information content (AvgIpc) is 1.65. The van der Waals surface area contributed by atoms with Gasteiger partial charge >= 0.3 is 17.1 Å². The second-order valence-electron chi connectivity index (χ2n) is 7.33. The van der Waals surface area contributed by atoms with Crippen molar-refractivity contribution in [2.75, 3.05) is 0 Å². The van der Waals surface area contributed by atoms with Crippen molar-refractivity contribution >= 4 is 33.8 Å². The van der Waals surface area contributed by atoms with Crippen LogP contribution in [-0.4, -0.2) is 33.8 Å². The van der Waals surface area contributed by atoms with Gasteiger partial charge in [0, 0.05) is 0 Å². The van der Waals surface area contributed by atoms with Gasteiger partial charge in [-0.1, -0.05) is 22.3 Å². The predicted molar refractivity (Wildman–Crippen MR) is 105 cm³/mol. The second-order valence-corrected chi connectivity index (χ2v) is 23.8. The topological polar surface area (TPSA) is 27.7 Å². The van der Waals surface area contributed by atoms with Crippen molar-refractivity contribution in [1.82, 2.24) is 0 Å². The van der Waals surface area contributed by atoms with Crippen LogP contribution in [0.15, 0.2) is 0 Å². The van der Waals surface area contributed by atoms with E-state index in [1.165, 1.54) is 0 Å². The number of hydrogen-bond donors (Lipinski definition) is 0. The van der Waals surface area contributed by atoms with Crippen molar-refractivity contribution in [3.05, 3.63) is 0 Å². The molecule has 0 aromatic carbocycles. The summed E-state index contributed by atoms with van der Waals surface area (Å²) < 4.78 is 18.7. The summed E-state index contributed by atoms with van der Waals surface area (Å²) in [6.45, 7) is 21.8. The normalized spacial score (nSPS) is 12.9. The highest BCUT2D eigenvalue weighted by molar-refractivity contribution is 6.89. The van der Waals surface area contributed by atoms with Crippen LogP contribution in [0.5, 0.6) is 0 Å². The fourth-order valence-electron chi connectivity index (χ4n) is 2.11. The maximum atomic E-state index is 6.28. The standard InChI is InChI=1S/C10H30O3Si4.3CH4/c1-14(2,3)11-16(7,8)13-17(9,10)12-15(4,5)6;;;/h1-10H3;3*1H4. The third-order valence-electron chi connectivity index (χ3n) is 1.60. The fourth-order valence-corrected chi connectivity index (χ4v) is 19.7. The Kier molecular flexibility index (Phi) is 13.0. The molecule has 0 aromatic heterocycles. The van der Waals surface area contributed by atoms with Crippen LogP contribution < -0.4 is 0 Å². The molecule has 0 amide bonds. The molecule has 0 saturated carbocycles. The maximum Gasteiger partial charge on any atom is 0.312 e. The van der Waals surface area contributed by atoms with Crippen molar-refractivity contribution in [2.45, 2.75) is 87.8 Å². The minimum absolute atomic E-state index is 0. The van der Waals surface area contributed by atoms with Crippen molar-refractivity contribution in [1.29, 1.82) is 0 Å². The lowest BCUT2D eigenvalue weighted by Gasteiger charge is -2.39. The van der Waals surface area contributed by atoms with E-state index in [-0.39, 0.29) is 22.3 Å². The molecule has 0 bridgehead atoms. The Morgan fingerprint density at radius 1 is 0.400 bits per heavy atom. The molecule has 0 aliphatic rings. The van der Waals surface area contributed by atoms with E-state index in [1.807, 2.05) is 0 Å². The molecule has 0 N–H and O–H groups in total. The summed E-state index contributed by atoms with van der Waals surface area (Å²) in [4.78, 5) is 0. The second kappa shape index (κ2) is 9.01. The summed E-state index contributed by atoms with van der Waals surface area (Å²) in [6, 6.07) is 0. The molecule has 0 unspecified atom stereocenters. The van der Waals surface area contributed by atoms with Gasteiger partial charge in [0.1, 0.15) is 0 Å². The highest BCUT2D eigenvalue weighted by Crippen LogP contribution is 2.23. The highest BCUT2D eigenvalue weighted by atomic mass is 28.5. The van der Waals surface area contributed by atoms with Crippen LogP contribution >= 0.6 is 0 Å². The lowest BCUT2D eigenvalue weighted by Crippen LogP contribution is -2.55. The minimum Gasteiger partial charge on any atom is -0.437 e. The molecule has 0 aliphatic carbocycles. The first kappa shape index (κ1) is 28.8. The first-order valence-electron chi connectivity index (χ1n) is 6.22. The van der Waals surface area contributed by atoms with Crippen LogP contribution in [0, 0.1) is 0 Å². The minimum atomic E-state index is -2.05. The van der Waals surface area contributed by atoms with Crippen LogP contribution in [0.2, 0.25) is 65.5 Å². The van der Waals surface area contributed by atoms with E-state index in [0.717, 1.165) is 0 Å². The maximum absolute atomic E-state index is 6.28. The molecule has 20 heavy (non-hydrogen) atoms. The molecule has 0 rings (SSSR count). The Labute approximate surface area is 134 Å². The zero-order chi connectivity index (χ0) is 14.1. The summed E-state index contributed by atoms with van der Waals surface area (Å²) in [5.41, 5.74) is 0. The molecule has 0 aliphatic heterocycles. The van der Waals surface area contributed by atoms with Crippen molar-refractivity contribution < 1.29 is 12.3 Å². The van der Waals surface area contributed by atoms with E-state index in [0.29, 0.717) is 0 Å². The third-order valence-corrected chi connectivity index (χ3v) is 14.4. The van der Waals surface area contributed by atoms with Crippen molar-refractivity contribution in [2.24, 2.45) is 0 Å². The summed E-state index contributed by atoms with van der Waals surface area (Å²) in [5, 5.41) is 0. The summed E-state index contributed by atoms with van der Waals surface area (Å²) in [7, 11) is -7.18. The number of rotatable bonds is 6. The van der Waals surface area contributed by atoms with Crippen molar-refractivity contribution in [3.63, 3.8) is 0 Å². The first-order chi connectivity index (χ1) is 7.12. The molecule has 0 radical (unpaired) electrons. The smallest absolute Gasteiger partial charge is 0.312 e. The van der Waals surface area contributed by atoms with E-state index >= 15 is 0 Å². The van der Waals surface area contributed by atoms with Gasteiger partial charge in [-0.25, -0.2) is 0 Å². The van der Waals surface area contributed by atoms with Gasteiger partial charge in [-0.05, 0) is 65.5 Å². The lowest BCUT2D eigenvalue weighted by molar-refractivity contribution is 0.331. The molecular formula is C13H42O3Si4. The Morgan fingerprint density at radius 3 is 0.750 bits per heavy atom. The molecule has 0 fully saturated rings. The molecule has 128 valence electrons. The van der Waals surface area contributed by atoms with E-state index in [2.05, 4.69) is 65.5 Å². The van der Waals surface area contributed by atoms with Gasteiger partial charge in [-0.2, -0.15) is 0 Å². The van der Waals surface area contributed by atoms with E-state index in [9.17, 15) is 0 Å². The Morgan fingerprint density at radius 2 is 0.600 bits per heavy atom. The summed E-state index contributed by atoms with van der Waals surface area (Å²) in [5.74, 6) is 0. The SMILES string of the molecule is C.C.C.C[Si](C)(C)O[Si](C)(C)O[Si](C)(C)O[Si](C)(C)C. The van der Waals surface area contributed by atoms with Crippen molar-refractivity contribution in [3.8, 4) is 0 Å². The Bertz CT molecular complexity index is 229. The highest BCUT2D eigenvalue weighted by Gasteiger charge is 2.41. The number of hydrogen-bond acceptors (Lipinski definition) is 3. The monoisotopic (exact) mass is 358 g/mol. The van der Waals surface area contributed by atoms with Gasteiger partial charge < -0.3 is 12.3 Å². The molecule has 3 nitrogen and oxygen atoms in total. The van der Waals surface area contributed by atoms with Gasteiger partial charge in [-0.3, -0.25) is 0 Å². The van der Waals surface area contributed by atoms with Gasteiger partial charge in [0.2, 0.25) is 0 Å². The first-order valence-corrected chi connectivity index (χ1v) is 18.7. The van der Waals surface area contributed by atoms with Crippen LogP contribution in [0.25, 0.3) is 0 Å². The molecular weight excluding hydrogens is 316 g/mol.